The Hall–Kier alpha value is -2.44. The third-order valence-corrected chi connectivity index (χ3v) is 5.30. The summed E-state index contributed by atoms with van der Waals surface area (Å²) in [6.45, 7) is 4.67. The second-order valence-electron chi connectivity index (χ2n) is 7.11. The summed E-state index contributed by atoms with van der Waals surface area (Å²) in [6, 6.07) is 14.0. The van der Waals surface area contributed by atoms with Crippen molar-refractivity contribution in [3.05, 3.63) is 59.8 Å². The van der Waals surface area contributed by atoms with Crippen LogP contribution in [0.3, 0.4) is 0 Å². The molecule has 0 saturated carbocycles. The van der Waals surface area contributed by atoms with Gasteiger partial charge in [-0.1, -0.05) is 30.3 Å². The van der Waals surface area contributed by atoms with E-state index >= 15 is 0 Å². The van der Waals surface area contributed by atoms with Crippen molar-refractivity contribution in [1.82, 2.24) is 9.88 Å². The van der Waals surface area contributed by atoms with Crippen molar-refractivity contribution in [3.63, 3.8) is 0 Å². The van der Waals surface area contributed by atoms with E-state index in [0.717, 1.165) is 18.7 Å². The molecule has 6 nitrogen and oxygen atoms in total. The molecule has 1 amide bonds. The van der Waals surface area contributed by atoms with Gasteiger partial charge in [-0.15, -0.1) is 0 Å². The molecule has 27 heavy (non-hydrogen) atoms. The van der Waals surface area contributed by atoms with Gasteiger partial charge in [-0.05, 0) is 24.6 Å². The zero-order valence-electron chi connectivity index (χ0n) is 15.6. The van der Waals surface area contributed by atoms with Crippen LogP contribution in [0, 0.1) is 0 Å². The van der Waals surface area contributed by atoms with Gasteiger partial charge in [0, 0.05) is 38.2 Å². The normalized spacial score (nSPS) is 19.8. The molecule has 1 unspecified atom stereocenters. The highest BCUT2D eigenvalue weighted by atomic mass is 16.7. The van der Waals surface area contributed by atoms with Gasteiger partial charge in [-0.3, -0.25) is 4.79 Å². The van der Waals surface area contributed by atoms with Gasteiger partial charge in [0.2, 0.25) is 0 Å². The number of ether oxygens (including phenoxy) is 2. The molecule has 4 rings (SSSR count). The molecule has 0 radical (unpaired) electrons. The Morgan fingerprint density at radius 1 is 1.11 bits per heavy atom. The number of hydrogen-bond donors (Lipinski definition) is 1. The molecule has 1 atom stereocenters. The highest BCUT2D eigenvalue weighted by Crippen LogP contribution is 2.31. The quantitative estimate of drug-likeness (QED) is 0.899. The van der Waals surface area contributed by atoms with Gasteiger partial charge < -0.3 is 19.7 Å². The molecule has 2 saturated heterocycles. The molecule has 2 fully saturated rings. The molecule has 2 aliphatic rings. The fourth-order valence-electron chi connectivity index (χ4n) is 3.67. The summed E-state index contributed by atoms with van der Waals surface area (Å²) in [5, 5.41) is 3.37. The van der Waals surface area contributed by atoms with Crippen LogP contribution in [0.2, 0.25) is 0 Å². The minimum atomic E-state index is -0.462. The van der Waals surface area contributed by atoms with Crippen LogP contribution in [0.15, 0.2) is 48.7 Å². The third kappa shape index (κ3) is 3.96. The smallest absolute Gasteiger partial charge is 0.255 e. The Kier molecular flexibility index (Phi) is 5.09. The number of piperidine rings is 1. The summed E-state index contributed by atoms with van der Waals surface area (Å²) in [5.74, 6) is 0.308. The van der Waals surface area contributed by atoms with E-state index in [-0.39, 0.29) is 11.9 Å². The van der Waals surface area contributed by atoms with E-state index < -0.39 is 5.79 Å². The number of aromatic nitrogens is 1. The number of carbonyl (C=O) groups excluding carboxylic acids is 1. The standard InChI is InChI=1S/C21H25N3O3/c1-16(17-5-3-2-4-6-17)23-19-8-7-18(15-22-19)20(25)24-11-9-21(10-12-24)26-13-14-27-21/h2-8,15-16H,9-14H2,1H3,(H,22,23). The first-order valence-electron chi connectivity index (χ1n) is 9.50. The fourth-order valence-corrected chi connectivity index (χ4v) is 3.67. The monoisotopic (exact) mass is 367 g/mol. The molecule has 1 aromatic heterocycles. The average Bonchev–Trinajstić information content (AvgIpc) is 3.17. The van der Waals surface area contributed by atoms with Crippen LogP contribution in [0.25, 0.3) is 0 Å². The van der Waals surface area contributed by atoms with E-state index in [0.29, 0.717) is 31.9 Å². The number of hydrogen-bond acceptors (Lipinski definition) is 5. The van der Waals surface area contributed by atoms with Crippen molar-refractivity contribution in [2.75, 3.05) is 31.6 Å². The van der Waals surface area contributed by atoms with Crippen molar-refractivity contribution in [2.45, 2.75) is 31.6 Å². The van der Waals surface area contributed by atoms with Crippen molar-refractivity contribution < 1.29 is 14.3 Å². The SMILES string of the molecule is CC(Nc1ccc(C(=O)N2CCC3(CC2)OCCO3)cn1)c1ccccc1. The zero-order chi connectivity index (χ0) is 18.7. The second-order valence-corrected chi connectivity index (χ2v) is 7.11. The Bertz CT molecular complexity index is 763. The largest absolute Gasteiger partial charge is 0.364 e. The number of nitrogens with zero attached hydrogens (tertiary/aromatic N) is 2. The van der Waals surface area contributed by atoms with Crippen LogP contribution in [0.4, 0.5) is 5.82 Å². The molecular weight excluding hydrogens is 342 g/mol. The van der Waals surface area contributed by atoms with Crippen LogP contribution in [0.5, 0.6) is 0 Å². The summed E-state index contributed by atoms with van der Waals surface area (Å²) in [5.41, 5.74) is 1.80. The number of pyridine rings is 1. The summed E-state index contributed by atoms with van der Waals surface area (Å²) >= 11 is 0. The molecule has 1 spiro atoms. The number of rotatable bonds is 4. The first kappa shape index (κ1) is 17.9. The third-order valence-electron chi connectivity index (χ3n) is 5.30. The molecule has 2 aliphatic heterocycles. The lowest BCUT2D eigenvalue weighted by molar-refractivity contribution is -0.181. The Morgan fingerprint density at radius 2 is 1.81 bits per heavy atom. The topological polar surface area (TPSA) is 63.7 Å². The molecule has 1 N–H and O–H groups in total. The predicted octanol–water partition coefficient (Wildman–Crippen LogP) is 3.23. The summed E-state index contributed by atoms with van der Waals surface area (Å²) in [7, 11) is 0. The molecule has 0 aliphatic carbocycles. The molecule has 2 aromatic rings. The summed E-state index contributed by atoms with van der Waals surface area (Å²) < 4.78 is 11.4. The first-order valence-corrected chi connectivity index (χ1v) is 9.50. The summed E-state index contributed by atoms with van der Waals surface area (Å²) in [4.78, 5) is 19.0. The fraction of sp³-hybridized carbons (Fsp3) is 0.429. The van der Waals surface area contributed by atoms with Gasteiger partial charge in [-0.25, -0.2) is 4.98 Å². The molecular formula is C21H25N3O3. The van der Waals surface area contributed by atoms with Gasteiger partial charge in [-0.2, -0.15) is 0 Å². The van der Waals surface area contributed by atoms with Gasteiger partial charge >= 0.3 is 0 Å². The maximum atomic E-state index is 12.7. The highest BCUT2D eigenvalue weighted by Gasteiger charge is 2.40. The average molecular weight is 367 g/mol. The number of nitrogens with one attached hydrogen (secondary N) is 1. The van der Waals surface area contributed by atoms with Gasteiger partial charge in [0.05, 0.1) is 18.8 Å². The highest BCUT2D eigenvalue weighted by molar-refractivity contribution is 5.94. The lowest BCUT2D eigenvalue weighted by Crippen LogP contribution is -2.47. The number of amides is 1. The lowest BCUT2D eigenvalue weighted by Gasteiger charge is -2.37. The van der Waals surface area contributed by atoms with Crippen molar-refractivity contribution in [1.29, 1.82) is 0 Å². The molecule has 142 valence electrons. The molecule has 6 heteroatoms. The van der Waals surface area contributed by atoms with Crippen molar-refractivity contribution in [3.8, 4) is 0 Å². The van der Waals surface area contributed by atoms with Gasteiger partial charge in [0.25, 0.3) is 5.91 Å². The second kappa shape index (κ2) is 7.66. The van der Waals surface area contributed by atoms with Crippen molar-refractivity contribution in [2.24, 2.45) is 0 Å². The van der Waals surface area contributed by atoms with E-state index in [1.165, 1.54) is 5.56 Å². The van der Waals surface area contributed by atoms with Crippen LogP contribution in [-0.4, -0.2) is 47.9 Å². The number of anilines is 1. The van der Waals surface area contributed by atoms with E-state index in [1.54, 1.807) is 6.20 Å². The van der Waals surface area contributed by atoms with Crippen LogP contribution in [0.1, 0.15) is 41.7 Å². The number of benzene rings is 1. The maximum Gasteiger partial charge on any atom is 0.255 e. The van der Waals surface area contributed by atoms with Crippen LogP contribution < -0.4 is 5.32 Å². The van der Waals surface area contributed by atoms with E-state index in [9.17, 15) is 4.79 Å². The van der Waals surface area contributed by atoms with E-state index in [4.69, 9.17) is 9.47 Å². The van der Waals surface area contributed by atoms with Crippen LogP contribution in [-0.2, 0) is 9.47 Å². The Labute approximate surface area is 159 Å². The van der Waals surface area contributed by atoms with Gasteiger partial charge in [0.1, 0.15) is 5.82 Å². The molecule has 3 heterocycles. The van der Waals surface area contributed by atoms with E-state index in [2.05, 4.69) is 29.4 Å². The molecule has 0 bridgehead atoms. The minimum absolute atomic E-state index is 0.0120. The maximum absolute atomic E-state index is 12.7. The van der Waals surface area contributed by atoms with Crippen LogP contribution >= 0.6 is 0 Å². The molecule has 1 aromatic carbocycles. The lowest BCUT2D eigenvalue weighted by atomic mass is 10.0. The van der Waals surface area contributed by atoms with Crippen molar-refractivity contribution >= 4 is 11.7 Å². The predicted molar refractivity (Wildman–Crippen MR) is 102 cm³/mol. The first-order chi connectivity index (χ1) is 13.2. The Morgan fingerprint density at radius 3 is 2.44 bits per heavy atom. The Balaban J connectivity index is 1.35. The number of carbonyl (C=O) groups is 1. The minimum Gasteiger partial charge on any atom is -0.364 e. The van der Waals surface area contributed by atoms with Gasteiger partial charge in [0.15, 0.2) is 5.79 Å². The number of likely N-dealkylation sites (tertiary alicyclic amines) is 1. The van der Waals surface area contributed by atoms with E-state index in [1.807, 2.05) is 35.2 Å². The summed E-state index contributed by atoms with van der Waals surface area (Å²) in [6.07, 6.45) is 3.09. The zero-order valence-corrected chi connectivity index (χ0v) is 15.6.